The molecule has 0 saturated carbocycles. The first-order chi connectivity index (χ1) is 9.88. The molecule has 1 aromatic rings. The molecule has 124 valence electrons. The van der Waals surface area contributed by atoms with E-state index in [1.165, 1.54) is 5.56 Å². The van der Waals surface area contributed by atoms with Crippen molar-refractivity contribution in [2.45, 2.75) is 39.8 Å². The van der Waals surface area contributed by atoms with Crippen molar-refractivity contribution in [3.05, 3.63) is 35.4 Å². The first-order valence-corrected chi connectivity index (χ1v) is 7.57. The van der Waals surface area contributed by atoms with Gasteiger partial charge in [0.1, 0.15) is 6.10 Å². The van der Waals surface area contributed by atoms with Crippen molar-refractivity contribution in [1.29, 1.82) is 0 Å². The second-order valence-corrected chi connectivity index (χ2v) is 6.79. The van der Waals surface area contributed by atoms with Crippen LogP contribution in [0.5, 0.6) is 0 Å². The van der Waals surface area contributed by atoms with E-state index in [0.29, 0.717) is 13.2 Å². The molecule has 0 bridgehead atoms. The van der Waals surface area contributed by atoms with E-state index < -0.39 is 6.10 Å². The number of nitrogens with one attached hydrogen (secondary N) is 2. The van der Waals surface area contributed by atoms with Crippen LogP contribution in [0.1, 0.15) is 37.9 Å². The molecule has 1 heterocycles. The molecule has 5 heteroatoms. The molecule has 22 heavy (non-hydrogen) atoms. The summed E-state index contributed by atoms with van der Waals surface area (Å²) in [5, 5.41) is 6.36. The SMILES string of the molecule is Cc1cccc(C(NC(=O)C2CNCCO2)C(C)(C)C)c1.Cl. The predicted octanol–water partition coefficient (Wildman–Crippen LogP) is 2.61. The van der Waals surface area contributed by atoms with Crippen LogP contribution in [0.3, 0.4) is 0 Å². The summed E-state index contributed by atoms with van der Waals surface area (Å²) in [6.07, 6.45) is -0.395. The van der Waals surface area contributed by atoms with Gasteiger partial charge >= 0.3 is 0 Å². The smallest absolute Gasteiger partial charge is 0.250 e. The lowest BCUT2D eigenvalue weighted by molar-refractivity contribution is -0.135. The van der Waals surface area contributed by atoms with Crippen LogP contribution in [0.4, 0.5) is 0 Å². The third kappa shape index (κ3) is 4.97. The molecule has 1 fully saturated rings. The summed E-state index contributed by atoms with van der Waals surface area (Å²) >= 11 is 0. The summed E-state index contributed by atoms with van der Waals surface area (Å²) in [7, 11) is 0. The van der Waals surface area contributed by atoms with Crippen molar-refractivity contribution >= 4 is 18.3 Å². The maximum Gasteiger partial charge on any atom is 0.250 e. The van der Waals surface area contributed by atoms with E-state index in [9.17, 15) is 4.79 Å². The van der Waals surface area contributed by atoms with Crippen LogP contribution in [0, 0.1) is 12.3 Å². The summed E-state index contributed by atoms with van der Waals surface area (Å²) in [5.74, 6) is -0.0383. The van der Waals surface area contributed by atoms with E-state index in [1.807, 2.05) is 6.07 Å². The van der Waals surface area contributed by atoms with Crippen LogP contribution in [-0.4, -0.2) is 31.7 Å². The minimum Gasteiger partial charge on any atom is -0.366 e. The number of halogens is 1. The second kappa shape index (κ2) is 7.95. The molecule has 2 unspecified atom stereocenters. The normalized spacial score (nSPS) is 19.9. The molecule has 2 rings (SSSR count). The highest BCUT2D eigenvalue weighted by atomic mass is 35.5. The highest BCUT2D eigenvalue weighted by Crippen LogP contribution is 2.33. The van der Waals surface area contributed by atoms with Crippen LogP contribution in [0.2, 0.25) is 0 Å². The molecule has 1 aromatic carbocycles. The summed E-state index contributed by atoms with van der Waals surface area (Å²) in [6, 6.07) is 8.28. The Morgan fingerprint density at radius 2 is 2.14 bits per heavy atom. The molecule has 0 spiro atoms. The molecule has 1 saturated heterocycles. The third-order valence-corrected chi connectivity index (χ3v) is 3.75. The first kappa shape index (κ1) is 18.9. The van der Waals surface area contributed by atoms with Crippen molar-refractivity contribution in [1.82, 2.24) is 10.6 Å². The number of carbonyl (C=O) groups is 1. The Morgan fingerprint density at radius 1 is 1.41 bits per heavy atom. The fraction of sp³-hybridized carbons (Fsp3) is 0.588. The third-order valence-electron chi connectivity index (χ3n) is 3.75. The summed E-state index contributed by atoms with van der Waals surface area (Å²) in [5.41, 5.74) is 2.28. The fourth-order valence-electron chi connectivity index (χ4n) is 2.62. The number of ether oxygens (including phenoxy) is 1. The maximum absolute atomic E-state index is 12.4. The minimum absolute atomic E-state index is 0. The second-order valence-electron chi connectivity index (χ2n) is 6.79. The number of aryl methyl sites for hydroxylation is 1. The minimum atomic E-state index is -0.395. The van der Waals surface area contributed by atoms with Crippen LogP contribution >= 0.6 is 12.4 Å². The summed E-state index contributed by atoms with van der Waals surface area (Å²) in [4.78, 5) is 12.4. The monoisotopic (exact) mass is 326 g/mol. The van der Waals surface area contributed by atoms with Crippen molar-refractivity contribution in [2.75, 3.05) is 19.7 Å². The Balaban J connectivity index is 0.00000242. The Morgan fingerprint density at radius 3 is 2.68 bits per heavy atom. The number of hydrogen-bond acceptors (Lipinski definition) is 3. The highest BCUT2D eigenvalue weighted by Gasteiger charge is 2.31. The van der Waals surface area contributed by atoms with Gasteiger partial charge in [-0.2, -0.15) is 0 Å². The van der Waals surface area contributed by atoms with Gasteiger partial charge in [-0.25, -0.2) is 0 Å². The van der Waals surface area contributed by atoms with Gasteiger partial charge in [0.2, 0.25) is 0 Å². The van der Waals surface area contributed by atoms with Crippen molar-refractivity contribution in [3.8, 4) is 0 Å². The predicted molar refractivity (Wildman–Crippen MR) is 91.4 cm³/mol. The Bertz CT molecular complexity index is 494. The zero-order valence-electron chi connectivity index (χ0n) is 13.8. The Hall–Kier alpha value is -1.10. The van der Waals surface area contributed by atoms with Crippen molar-refractivity contribution in [3.63, 3.8) is 0 Å². The van der Waals surface area contributed by atoms with E-state index in [2.05, 4.69) is 56.5 Å². The molecule has 0 aromatic heterocycles. The van der Waals surface area contributed by atoms with Crippen LogP contribution < -0.4 is 10.6 Å². The van der Waals surface area contributed by atoms with Crippen molar-refractivity contribution in [2.24, 2.45) is 5.41 Å². The zero-order valence-corrected chi connectivity index (χ0v) is 14.6. The average molecular weight is 327 g/mol. The van der Waals surface area contributed by atoms with E-state index in [1.54, 1.807) is 0 Å². The average Bonchev–Trinajstić information content (AvgIpc) is 2.44. The van der Waals surface area contributed by atoms with Crippen LogP contribution in [0.15, 0.2) is 24.3 Å². The van der Waals surface area contributed by atoms with E-state index in [4.69, 9.17) is 4.74 Å². The van der Waals surface area contributed by atoms with Gasteiger partial charge in [0, 0.05) is 13.1 Å². The fourth-order valence-corrected chi connectivity index (χ4v) is 2.62. The van der Waals surface area contributed by atoms with Crippen molar-refractivity contribution < 1.29 is 9.53 Å². The molecule has 0 aliphatic carbocycles. The van der Waals surface area contributed by atoms with Gasteiger partial charge in [0.05, 0.1) is 12.6 Å². The topological polar surface area (TPSA) is 50.4 Å². The van der Waals surface area contributed by atoms with Crippen LogP contribution in [-0.2, 0) is 9.53 Å². The molecular formula is C17H27ClN2O2. The van der Waals surface area contributed by atoms with Gasteiger partial charge in [-0.05, 0) is 17.9 Å². The standard InChI is InChI=1S/C17H26N2O2.ClH/c1-12-6-5-7-13(10-12)15(17(2,3)4)19-16(20)14-11-18-8-9-21-14;/h5-7,10,14-15,18H,8-9,11H2,1-4H3,(H,19,20);1H. The number of rotatable bonds is 3. The van der Waals surface area contributed by atoms with Crippen LogP contribution in [0.25, 0.3) is 0 Å². The van der Waals surface area contributed by atoms with Gasteiger partial charge in [-0.3, -0.25) is 4.79 Å². The lowest BCUT2D eigenvalue weighted by Gasteiger charge is -2.34. The largest absolute Gasteiger partial charge is 0.366 e. The lowest BCUT2D eigenvalue weighted by Crippen LogP contribution is -2.50. The number of carbonyl (C=O) groups excluding carboxylic acids is 1. The maximum atomic E-state index is 12.4. The number of hydrogen-bond donors (Lipinski definition) is 2. The van der Waals surface area contributed by atoms with Gasteiger partial charge in [0.15, 0.2) is 0 Å². The molecule has 4 nitrogen and oxygen atoms in total. The first-order valence-electron chi connectivity index (χ1n) is 7.57. The Labute approximate surface area is 139 Å². The number of morpholine rings is 1. The number of amides is 1. The summed E-state index contributed by atoms with van der Waals surface area (Å²) < 4.78 is 5.54. The molecule has 1 amide bonds. The molecule has 1 aliphatic heterocycles. The molecule has 0 radical (unpaired) electrons. The molecule has 2 N–H and O–H groups in total. The van der Waals surface area contributed by atoms with Gasteiger partial charge in [-0.15, -0.1) is 12.4 Å². The zero-order chi connectivity index (χ0) is 15.5. The molecule has 1 aliphatic rings. The lowest BCUT2D eigenvalue weighted by atomic mass is 9.82. The number of benzene rings is 1. The van der Waals surface area contributed by atoms with E-state index in [-0.39, 0.29) is 29.8 Å². The van der Waals surface area contributed by atoms with E-state index >= 15 is 0 Å². The summed E-state index contributed by atoms with van der Waals surface area (Å²) in [6.45, 7) is 10.5. The molecular weight excluding hydrogens is 300 g/mol. The van der Waals surface area contributed by atoms with Gasteiger partial charge in [0.25, 0.3) is 5.91 Å². The van der Waals surface area contributed by atoms with Gasteiger partial charge < -0.3 is 15.4 Å². The quantitative estimate of drug-likeness (QED) is 0.897. The highest BCUT2D eigenvalue weighted by molar-refractivity contribution is 5.85. The Kier molecular flexibility index (Phi) is 6.85. The molecule has 2 atom stereocenters. The van der Waals surface area contributed by atoms with E-state index in [0.717, 1.165) is 12.1 Å². The van der Waals surface area contributed by atoms with Gasteiger partial charge in [-0.1, -0.05) is 50.6 Å².